The third-order valence-corrected chi connectivity index (χ3v) is 3.17. The molecule has 2 rings (SSSR count). The Balaban J connectivity index is 0.000000218. The number of quaternary nitrogens is 1. The Hall–Kier alpha value is -1.80. The molecule has 4 N–H and O–H groups in total. The summed E-state index contributed by atoms with van der Waals surface area (Å²) in [6, 6.07) is 3.81. The number of ether oxygens (including phenoxy) is 1. The number of dihydropyridines is 1. The number of rotatable bonds is 0. The first kappa shape index (κ1) is 15.3. The van der Waals surface area contributed by atoms with Gasteiger partial charge in [-0.1, -0.05) is 5.03 Å². The molecule has 0 saturated carbocycles. The maximum Gasteiger partial charge on any atom is 0.113 e. The van der Waals surface area contributed by atoms with E-state index in [2.05, 4.69) is 12.4 Å². The lowest BCUT2D eigenvalue weighted by Gasteiger charge is -2.23. The van der Waals surface area contributed by atoms with Crippen molar-refractivity contribution in [2.45, 2.75) is 6.42 Å². The summed E-state index contributed by atoms with van der Waals surface area (Å²) < 4.78 is 5.12. The quantitative estimate of drug-likeness (QED) is 0.466. The van der Waals surface area contributed by atoms with Gasteiger partial charge in [-0.3, -0.25) is 0 Å². The molecule has 0 atom stereocenters. The van der Waals surface area contributed by atoms with Gasteiger partial charge < -0.3 is 33.3 Å². The Morgan fingerprint density at radius 3 is 2.26 bits per heavy atom. The number of morpholine rings is 1. The molecule has 0 aliphatic carbocycles. The van der Waals surface area contributed by atoms with Crippen LogP contribution in [0.25, 0.3) is 0 Å². The Morgan fingerprint density at radius 1 is 1.26 bits per heavy atom. The van der Waals surface area contributed by atoms with Crippen molar-refractivity contribution in [3.63, 3.8) is 0 Å². The zero-order valence-electron chi connectivity index (χ0n) is 10.8. The third kappa shape index (κ3) is 4.76. The lowest BCUT2D eigenvalue weighted by molar-refractivity contribution is -0.888. The van der Waals surface area contributed by atoms with E-state index in [1.807, 2.05) is 12.1 Å². The minimum atomic E-state index is 0.241. The Kier molecular flexibility index (Phi) is 6.10. The molecule has 2 aliphatic rings. The second-order valence-corrected chi connectivity index (χ2v) is 4.70. The minimum Gasteiger partial charge on any atom is -0.761 e. The maximum atomic E-state index is 8.57. The average molecular weight is 279 g/mol. The number of nitriles is 2. The van der Waals surface area contributed by atoms with Gasteiger partial charge in [0.05, 0.1) is 38.0 Å². The average Bonchev–Trinajstić information content (AvgIpc) is 2.41. The fourth-order valence-corrected chi connectivity index (χ4v) is 1.76. The number of nitrogens with two attached hydrogens (primary N) is 1. The summed E-state index contributed by atoms with van der Waals surface area (Å²) in [5, 5.41) is 20.0. The molecule has 102 valence electrons. The van der Waals surface area contributed by atoms with Gasteiger partial charge in [0.25, 0.3) is 0 Å². The zero-order chi connectivity index (χ0) is 14.3. The van der Waals surface area contributed by atoms with E-state index in [-0.39, 0.29) is 12.2 Å². The van der Waals surface area contributed by atoms with Crippen LogP contribution < -0.4 is 16.0 Å². The predicted molar refractivity (Wildman–Crippen MR) is 72.0 cm³/mol. The largest absolute Gasteiger partial charge is 0.761 e. The Labute approximate surface area is 118 Å². The van der Waals surface area contributed by atoms with Crippen LogP contribution in [0.4, 0.5) is 0 Å². The van der Waals surface area contributed by atoms with Crippen LogP contribution in [0.1, 0.15) is 6.42 Å². The first-order valence-corrected chi connectivity index (χ1v) is 6.34. The van der Waals surface area contributed by atoms with E-state index in [4.69, 9.17) is 33.6 Å². The van der Waals surface area contributed by atoms with Crippen molar-refractivity contribution in [2.75, 3.05) is 33.4 Å². The molecule has 2 aliphatic heterocycles. The molecule has 0 spiro atoms. The topological polar surface area (TPSA) is 99.3 Å². The SMILES string of the molecule is C[NH+]1CCOCC1.N#CC1=C(N)NC([S-])=C(C#N)C1. The van der Waals surface area contributed by atoms with Crippen LogP contribution in [0.3, 0.4) is 0 Å². The van der Waals surface area contributed by atoms with Gasteiger partial charge in [-0.15, -0.1) is 0 Å². The predicted octanol–water partition coefficient (Wildman–Crippen LogP) is -1.51. The molecule has 0 aromatic rings. The van der Waals surface area contributed by atoms with Gasteiger partial charge in [0, 0.05) is 12.0 Å². The number of allylic oxidation sites excluding steroid dienone is 2. The van der Waals surface area contributed by atoms with Crippen LogP contribution in [0.2, 0.25) is 0 Å². The number of hydrogen-bond acceptors (Lipinski definition) is 6. The Bertz CT molecular complexity index is 431. The standard InChI is InChI=1S/C7H6N4S.C5H11NO/c8-2-4-1-5(3-9)7(12)11-6(4)10;1-6-2-4-7-5-3-6/h11-12H,1,10H2;2-5H2,1H3. The van der Waals surface area contributed by atoms with Gasteiger partial charge in [0.1, 0.15) is 18.9 Å². The van der Waals surface area contributed by atoms with Crippen molar-refractivity contribution in [3.05, 3.63) is 22.0 Å². The second kappa shape index (κ2) is 7.59. The summed E-state index contributed by atoms with van der Waals surface area (Å²) in [6.45, 7) is 4.26. The molecule has 7 heteroatoms. The third-order valence-electron chi connectivity index (χ3n) is 2.82. The molecular formula is C12H17N5OS. The van der Waals surface area contributed by atoms with E-state index < -0.39 is 0 Å². The number of likely N-dealkylation sites (N-methyl/N-ethyl adjacent to an activating group) is 1. The van der Waals surface area contributed by atoms with Crippen molar-refractivity contribution in [1.29, 1.82) is 10.5 Å². The molecule has 0 bridgehead atoms. The molecule has 0 amide bonds. The van der Waals surface area contributed by atoms with Crippen LogP contribution in [0.15, 0.2) is 22.0 Å². The summed E-state index contributed by atoms with van der Waals surface area (Å²) in [6.07, 6.45) is 0.241. The number of nitrogens with zero attached hydrogens (tertiary/aromatic N) is 2. The highest BCUT2D eigenvalue weighted by atomic mass is 32.1. The molecule has 1 fully saturated rings. The fraction of sp³-hybridized carbons (Fsp3) is 0.500. The molecule has 0 unspecified atom stereocenters. The second-order valence-electron chi connectivity index (χ2n) is 4.29. The maximum absolute atomic E-state index is 8.57. The van der Waals surface area contributed by atoms with Crippen molar-refractivity contribution in [2.24, 2.45) is 5.73 Å². The summed E-state index contributed by atoms with van der Waals surface area (Å²) in [5.41, 5.74) is 6.18. The highest BCUT2D eigenvalue weighted by Crippen LogP contribution is 2.18. The summed E-state index contributed by atoms with van der Waals surface area (Å²) in [7, 11) is 2.20. The fourth-order valence-electron chi connectivity index (χ4n) is 1.54. The van der Waals surface area contributed by atoms with Crippen LogP contribution in [-0.4, -0.2) is 33.4 Å². The van der Waals surface area contributed by atoms with Gasteiger partial charge in [-0.25, -0.2) is 0 Å². The van der Waals surface area contributed by atoms with Crippen LogP contribution in [0.5, 0.6) is 0 Å². The van der Waals surface area contributed by atoms with E-state index in [1.165, 1.54) is 13.1 Å². The van der Waals surface area contributed by atoms with E-state index in [1.54, 1.807) is 4.90 Å². The highest BCUT2D eigenvalue weighted by Gasteiger charge is 2.11. The normalized spacial score (nSPS) is 19.7. The molecule has 1 saturated heterocycles. The number of hydrogen-bond donors (Lipinski definition) is 3. The molecule has 6 nitrogen and oxygen atoms in total. The Morgan fingerprint density at radius 2 is 1.84 bits per heavy atom. The van der Waals surface area contributed by atoms with Gasteiger partial charge in [-0.05, 0) is 0 Å². The van der Waals surface area contributed by atoms with E-state index >= 15 is 0 Å². The zero-order valence-corrected chi connectivity index (χ0v) is 11.6. The van der Waals surface area contributed by atoms with E-state index in [0.29, 0.717) is 16.2 Å². The van der Waals surface area contributed by atoms with Crippen molar-refractivity contribution in [1.82, 2.24) is 5.32 Å². The molecule has 0 aromatic heterocycles. The van der Waals surface area contributed by atoms with E-state index in [9.17, 15) is 0 Å². The first-order valence-electron chi connectivity index (χ1n) is 5.93. The van der Waals surface area contributed by atoms with Crippen molar-refractivity contribution in [3.8, 4) is 12.1 Å². The van der Waals surface area contributed by atoms with Crippen molar-refractivity contribution >= 4 is 12.6 Å². The monoisotopic (exact) mass is 279 g/mol. The van der Waals surface area contributed by atoms with Gasteiger partial charge in [-0.2, -0.15) is 10.5 Å². The van der Waals surface area contributed by atoms with Gasteiger partial charge in [0.15, 0.2) is 0 Å². The van der Waals surface area contributed by atoms with Gasteiger partial charge in [0.2, 0.25) is 0 Å². The first-order chi connectivity index (χ1) is 9.08. The van der Waals surface area contributed by atoms with Crippen LogP contribution in [-0.2, 0) is 17.4 Å². The minimum absolute atomic E-state index is 0.241. The lowest BCUT2D eigenvalue weighted by atomic mass is 10.1. The summed E-state index contributed by atoms with van der Waals surface area (Å²) in [5.74, 6) is 0.251. The number of nitrogens with one attached hydrogen (secondary N) is 2. The smallest absolute Gasteiger partial charge is 0.113 e. The van der Waals surface area contributed by atoms with Crippen molar-refractivity contribution < 1.29 is 9.64 Å². The molecule has 19 heavy (non-hydrogen) atoms. The van der Waals surface area contributed by atoms with Gasteiger partial charge >= 0.3 is 0 Å². The molecule has 0 aromatic carbocycles. The van der Waals surface area contributed by atoms with Crippen LogP contribution in [0, 0.1) is 22.7 Å². The summed E-state index contributed by atoms with van der Waals surface area (Å²) in [4.78, 5) is 1.59. The molecule has 2 heterocycles. The highest BCUT2D eigenvalue weighted by molar-refractivity contribution is 7.63. The molecular weight excluding hydrogens is 262 g/mol. The lowest BCUT2D eigenvalue weighted by Crippen LogP contribution is -3.11. The van der Waals surface area contributed by atoms with E-state index in [0.717, 1.165) is 13.2 Å². The molecule has 0 radical (unpaired) electrons. The summed E-state index contributed by atoms with van der Waals surface area (Å²) >= 11 is 4.81. The van der Waals surface area contributed by atoms with Crippen LogP contribution >= 0.6 is 0 Å².